The molecule has 1 aliphatic heterocycles. The van der Waals surface area contributed by atoms with Gasteiger partial charge in [0.05, 0.1) is 0 Å². The summed E-state index contributed by atoms with van der Waals surface area (Å²) in [6.07, 6.45) is 0.524. The number of nitrogens with zero attached hydrogens (tertiary/aromatic N) is 2. The summed E-state index contributed by atoms with van der Waals surface area (Å²) in [5, 5.41) is 0. The third-order valence-corrected chi connectivity index (χ3v) is 4.18. The van der Waals surface area contributed by atoms with E-state index >= 15 is 0 Å². The number of carbonyl (C=O) groups excluding carboxylic acids is 1. The SMILES string of the molecule is CCN1C(=O)CC(c2ccccc2)c2c(C)cc(C)nc21. The van der Waals surface area contributed by atoms with E-state index in [-0.39, 0.29) is 11.8 Å². The van der Waals surface area contributed by atoms with Gasteiger partial charge in [0.1, 0.15) is 5.82 Å². The zero-order valence-electron chi connectivity index (χ0n) is 12.8. The van der Waals surface area contributed by atoms with Crippen molar-refractivity contribution in [1.29, 1.82) is 0 Å². The van der Waals surface area contributed by atoms with Crippen LogP contribution in [0.25, 0.3) is 0 Å². The number of aromatic nitrogens is 1. The van der Waals surface area contributed by atoms with Gasteiger partial charge in [0.25, 0.3) is 0 Å². The fraction of sp³-hybridized carbons (Fsp3) is 0.333. The number of anilines is 1. The summed E-state index contributed by atoms with van der Waals surface area (Å²) >= 11 is 0. The molecular formula is C18H20N2O. The molecule has 1 aliphatic rings. The molecule has 3 nitrogen and oxygen atoms in total. The fourth-order valence-electron chi connectivity index (χ4n) is 3.26. The average Bonchev–Trinajstić information content (AvgIpc) is 2.47. The number of hydrogen-bond donors (Lipinski definition) is 0. The zero-order valence-corrected chi connectivity index (χ0v) is 12.8. The van der Waals surface area contributed by atoms with Crippen LogP contribution >= 0.6 is 0 Å². The molecular weight excluding hydrogens is 260 g/mol. The fourth-order valence-corrected chi connectivity index (χ4v) is 3.26. The molecule has 0 saturated heterocycles. The first-order chi connectivity index (χ1) is 10.1. The molecule has 3 heteroatoms. The Balaban J connectivity index is 2.21. The minimum Gasteiger partial charge on any atom is -0.297 e. The van der Waals surface area contributed by atoms with Gasteiger partial charge in [0, 0.05) is 30.1 Å². The van der Waals surface area contributed by atoms with Gasteiger partial charge in [0.2, 0.25) is 5.91 Å². The minimum atomic E-state index is 0.115. The number of amides is 1. The van der Waals surface area contributed by atoms with Gasteiger partial charge in [-0.05, 0) is 38.0 Å². The lowest BCUT2D eigenvalue weighted by Gasteiger charge is -2.34. The Hall–Kier alpha value is -2.16. The maximum Gasteiger partial charge on any atom is 0.229 e. The summed E-state index contributed by atoms with van der Waals surface area (Å²) in [4.78, 5) is 19.0. The van der Waals surface area contributed by atoms with Crippen LogP contribution in [0.1, 0.15) is 41.6 Å². The molecule has 0 saturated carbocycles. The van der Waals surface area contributed by atoms with Crippen LogP contribution < -0.4 is 4.90 Å². The van der Waals surface area contributed by atoms with Crippen LogP contribution in [-0.2, 0) is 4.79 Å². The molecule has 2 heterocycles. The largest absolute Gasteiger partial charge is 0.297 e. The van der Waals surface area contributed by atoms with E-state index < -0.39 is 0 Å². The van der Waals surface area contributed by atoms with E-state index in [9.17, 15) is 4.79 Å². The van der Waals surface area contributed by atoms with Gasteiger partial charge in [-0.1, -0.05) is 30.3 Å². The Morgan fingerprint density at radius 1 is 1.24 bits per heavy atom. The van der Waals surface area contributed by atoms with Crippen molar-refractivity contribution in [3.63, 3.8) is 0 Å². The Morgan fingerprint density at radius 3 is 2.62 bits per heavy atom. The molecule has 1 unspecified atom stereocenters. The van der Waals surface area contributed by atoms with Crippen molar-refractivity contribution in [3.8, 4) is 0 Å². The summed E-state index contributed by atoms with van der Waals surface area (Å²) in [6.45, 7) is 6.78. The number of rotatable bonds is 2. The number of hydrogen-bond acceptors (Lipinski definition) is 2. The minimum absolute atomic E-state index is 0.115. The quantitative estimate of drug-likeness (QED) is 0.842. The number of benzene rings is 1. The van der Waals surface area contributed by atoms with Gasteiger partial charge in [0.15, 0.2) is 0 Å². The first kappa shape index (κ1) is 13.8. The predicted octanol–water partition coefficient (Wildman–Crippen LogP) is 3.59. The third kappa shape index (κ3) is 2.33. The summed E-state index contributed by atoms with van der Waals surface area (Å²) in [7, 11) is 0. The van der Waals surface area contributed by atoms with Crippen LogP contribution in [0.5, 0.6) is 0 Å². The number of carbonyl (C=O) groups is 1. The lowest BCUT2D eigenvalue weighted by molar-refractivity contribution is -0.119. The zero-order chi connectivity index (χ0) is 15.0. The molecule has 0 radical (unpaired) electrons. The second-order valence-electron chi connectivity index (χ2n) is 5.62. The second-order valence-corrected chi connectivity index (χ2v) is 5.62. The second kappa shape index (κ2) is 5.32. The molecule has 1 aromatic heterocycles. The van der Waals surface area contributed by atoms with E-state index in [1.54, 1.807) is 0 Å². The first-order valence-corrected chi connectivity index (χ1v) is 7.45. The van der Waals surface area contributed by atoms with Crippen LogP contribution in [0, 0.1) is 13.8 Å². The van der Waals surface area contributed by atoms with Crippen LogP contribution in [-0.4, -0.2) is 17.4 Å². The molecule has 0 spiro atoms. The summed E-state index contributed by atoms with van der Waals surface area (Å²) < 4.78 is 0. The maximum atomic E-state index is 12.5. The lowest BCUT2D eigenvalue weighted by atomic mass is 9.83. The number of aryl methyl sites for hydroxylation is 2. The van der Waals surface area contributed by atoms with Gasteiger partial charge in [-0.25, -0.2) is 4.98 Å². The molecule has 0 fully saturated rings. The first-order valence-electron chi connectivity index (χ1n) is 7.45. The molecule has 1 amide bonds. The molecule has 1 atom stereocenters. The van der Waals surface area contributed by atoms with E-state index in [0.29, 0.717) is 13.0 Å². The van der Waals surface area contributed by atoms with Crippen molar-refractivity contribution in [2.75, 3.05) is 11.4 Å². The summed E-state index contributed by atoms with van der Waals surface area (Å²) in [5.41, 5.74) is 4.58. The summed E-state index contributed by atoms with van der Waals surface area (Å²) in [6, 6.07) is 12.4. The van der Waals surface area contributed by atoms with Crippen molar-refractivity contribution in [2.24, 2.45) is 0 Å². The average molecular weight is 280 g/mol. The van der Waals surface area contributed by atoms with Gasteiger partial charge < -0.3 is 0 Å². The molecule has 1 aromatic carbocycles. The smallest absolute Gasteiger partial charge is 0.229 e. The van der Waals surface area contributed by atoms with E-state index in [4.69, 9.17) is 0 Å². The number of fused-ring (bicyclic) bond motifs is 1. The standard InChI is InChI=1S/C18H20N2O/c1-4-20-16(21)11-15(14-8-6-5-7-9-14)17-12(2)10-13(3)19-18(17)20/h5-10,15H,4,11H2,1-3H3. The van der Waals surface area contributed by atoms with E-state index in [2.05, 4.69) is 30.1 Å². The van der Waals surface area contributed by atoms with Crippen molar-refractivity contribution in [1.82, 2.24) is 4.98 Å². The van der Waals surface area contributed by atoms with Crippen molar-refractivity contribution in [2.45, 2.75) is 33.1 Å². The number of pyridine rings is 1. The van der Waals surface area contributed by atoms with Crippen LogP contribution in [0.3, 0.4) is 0 Å². The van der Waals surface area contributed by atoms with Crippen molar-refractivity contribution in [3.05, 3.63) is 58.8 Å². The van der Waals surface area contributed by atoms with Crippen LogP contribution in [0.2, 0.25) is 0 Å². The monoisotopic (exact) mass is 280 g/mol. The Morgan fingerprint density at radius 2 is 1.95 bits per heavy atom. The van der Waals surface area contributed by atoms with Gasteiger partial charge in [-0.2, -0.15) is 0 Å². The van der Waals surface area contributed by atoms with Crippen molar-refractivity contribution < 1.29 is 4.79 Å². The molecule has 3 rings (SSSR count). The molecule has 108 valence electrons. The molecule has 0 N–H and O–H groups in total. The Kier molecular flexibility index (Phi) is 3.50. The topological polar surface area (TPSA) is 33.2 Å². The van der Waals surface area contributed by atoms with E-state index in [0.717, 1.165) is 11.5 Å². The van der Waals surface area contributed by atoms with E-state index in [1.807, 2.05) is 36.9 Å². The van der Waals surface area contributed by atoms with Crippen LogP contribution in [0.4, 0.5) is 5.82 Å². The van der Waals surface area contributed by atoms with Crippen LogP contribution in [0.15, 0.2) is 36.4 Å². The molecule has 2 aromatic rings. The predicted molar refractivity (Wildman–Crippen MR) is 84.6 cm³/mol. The highest BCUT2D eigenvalue weighted by molar-refractivity contribution is 5.96. The third-order valence-electron chi connectivity index (χ3n) is 4.18. The molecule has 0 aliphatic carbocycles. The molecule has 21 heavy (non-hydrogen) atoms. The van der Waals surface area contributed by atoms with Gasteiger partial charge in [-0.15, -0.1) is 0 Å². The normalized spacial score (nSPS) is 17.8. The maximum absolute atomic E-state index is 12.5. The van der Waals surface area contributed by atoms with Gasteiger partial charge >= 0.3 is 0 Å². The lowest BCUT2D eigenvalue weighted by Crippen LogP contribution is -2.38. The highest BCUT2D eigenvalue weighted by atomic mass is 16.2. The Bertz CT molecular complexity index is 679. The van der Waals surface area contributed by atoms with Gasteiger partial charge in [-0.3, -0.25) is 9.69 Å². The highest BCUT2D eigenvalue weighted by Gasteiger charge is 2.33. The van der Waals surface area contributed by atoms with Crippen molar-refractivity contribution >= 4 is 11.7 Å². The van der Waals surface area contributed by atoms with E-state index in [1.165, 1.54) is 16.7 Å². The molecule has 0 bridgehead atoms. The Labute approximate surface area is 125 Å². The highest BCUT2D eigenvalue weighted by Crippen LogP contribution is 2.40. The summed E-state index contributed by atoms with van der Waals surface area (Å²) in [5.74, 6) is 1.13.